The molecule has 1 heteroatoms. The lowest BCUT2D eigenvalue weighted by atomic mass is 9.79. The fourth-order valence-electron chi connectivity index (χ4n) is 3.17. The highest BCUT2D eigenvalue weighted by Crippen LogP contribution is 2.30. The predicted octanol–water partition coefficient (Wildman–Crippen LogP) is 4.76. The third-order valence-corrected chi connectivity index (χ3v) is 4.42. The number of unbranched alkanes of at least 4 members (excludes halogenated alkanes) is 2. The zero-order chi connectivity index (χ0) is 12.7. The maximum absolute atomic E-state index is 3.86. The van der Waals surface area contributed by atoms with Crippen LogP contribution < -0.4 is 5.32 Å². The molecule has 3 atom stereocenters. The van der Waals surface area contributed by atoms with Crippen LogP contribution in [-0.4, -0.2) is 12.1 Å². The lowest BCUT2D eigenvalue weighted by molar-refractivity contribution is 0.220. The maximum Gasteiger partial charge on any atom is 0.00722 e. The summed E-state index contributed by atoms with van der Waals surface area (Å²) in [5.74, 6) is 1.83. The van der Waals surface area contributed by atoms with Gasteiger partial charge in [0.1, 0.15) is 0 Å². The van der Waals surface area contributed by atoms with Gasteiger partial charge in [0.15, 0.2) is 0 Å². The van der Waals surface area contributed by atoms with Crippen LogP contribution in [0.3, 0.4) is 0 Å². The summed E-state index contributed by atoms with van der Waals surface area (Å²) in [6, 6.07) is 1.52. The largest absolute Gasteiger partial charge is 0.311 e. The fraction of sp³-hybridized carbons (Fsp3) is 1.00. The van der Waals surface area contributed by atoms with Crippen LogP contribution in [0.1, 0.15) is 79.1 Å². The molecule has 0 amide bonds. The minimum Gasteiger partial charge on any atom is -0.311 e. The Hall–Kier alpha value is -0.0400. The number of nitrogens with one attached hydrogen (secondary N) is 1. The first kappa shape index (κ1) is 15.0. The van der Waals surface area contributed by atoms with Crippen molar-refractivity contribution in [3.63, 3.8) is 0 Å². The van der Waals surface area contributed by atoms with Crippen LogP contribution in [-0.2, 0) is 0 Å². The molecule has 17 heavy (non-hydrogen) atoms. The van der Waals surface area contributed by atoms with Gasteiger partial charge in [-0.15, -0.1) is 0 Å². The highest BCUT2D eigenvalue weighted by atomic mass is 14.9. The molecule has 0 bridgehead atoms. The third kappa shape index (κ3) is 5.90. The highest BCUT2D eigenvalue weighted by molar-refractivity contribution is 4.81. The second kappa shape index (κ2) is 8.13. The van der Waals surface area contributed by atoms with Crippen LogP contribution in [0.15, 0.2) is 0 Å². The third-order valence-electron chi connectivity index (χ3n) is 4.42. The SMILES string of the molecule is CCCCCC(C)NC1CCCC(C(C)C)C1. The minimum atomic E-state index is 0.720. The van der Waals surface area contributed by atoms with Crippen LogP contribution >= 0.6 is 0 Å². The summed E-state index contributed by atoms with van der Waals surface area (Å²) in [6.07, 6.45) is 11.2. The van der Waals surface area contributed by atoms with Crippen molar-refractivity contribution in [1.82, 2.24) is 5.32 Å². The summed E-state index contributed by atoms with van der Waals surface area (Å²) < 4.78 is 0. The Morgan fingerprint density at radius 2 is 1.88 bits per heavy atom. The van der Waals surface area contributed by atoms with Gasteiger partial charge in [-0.1, -0.05) is 52.9 Å². The van der Waals surface area contributed by atoms with E-state index in [0.29, 0.717) is 0 Å². The summed E-state index contributed by atoms with van der Waals surface area (Å²) in [4.78, 5) is 0. The molecule has 1 rings (SSSR count). The summed E-state index contributed by atoms with van der Waals surface area (Å²) in [7, 11) is 0. The summed E-state index contributed by atoms with van der Waals surface area (Å²) >= 11 is 0. The zero-order valence-corrected chi connectivity index (χ0v) is 12.5. The van der Waals surface area contributed by atoms with E-state index in [4.69, 9.17) is 0 Å². The number of hydrogen-bond acceptors (Lipinski definition) is 1. The molecule has 0 radical (unpaired) electrons. The van der Waals surface area contributed by atoms with Gasteiger partial charge in [0.25, 0.3) is 0 Å². The van der Waals surface area contributed by atoms with Gasteiger partial charge in [-0.05, 0) is 38.0 Å². The molecule has 0 aliphatic heterocycles. The van der Waals surface area contributed by atoms with Gasteiger partial charge in [0, 0.05) is 12.1 Å². The van der Waals surface area contributed by atoms with Crippen LogP contribution in [0.2, 0.25) is 0 Å². The number of hydrogen-bond donors (Lipinski definition) is 1. The van der Waals surface area contributed by atoms with Gasteiger partial charge in [0.2, 0.25) is 0 Å². The molecule has 102 valence electrons. The Morgan fingerprint density at radius 3 is 2.53 bits per heavy atom. The Bertz CT molecular complexity index is 188. The Balaban J connectivity index is 2.21. The summed E-state index contributed by atoms with van der Waals surface area (Å²) in [5.41, 5.74) is 0. The smallest absolute Gasteiger partial charge is 0.00722 e. The van der Waals surface area contributed by atoms with E-state index in [2.05, 4.69) is 33.0 Å². The van der Waals surface area contributed by atoms with E-state index >= 15 is 0 Å². The normalized spacial score (nSPS) is 27.4. The van der Waals surface area contributed by atoms with Gasteiger partial charge in [-0.25, -0.2) is 0 Å². The van der Waals surface area contributed by atoms with Crippen molar-refractivity contribution in [2.24, 2.45) is 11.8 Å². The molecule has 0 aromatic rings. The monoisotopic (exact) mass is 239 g/mol. The van der Waals surface area contributed by atoms with E-state index < -0.39 is 0 Å². The van der Waals surface area contributed by atoms with Gasteiger partial charge < -0.3 is 5.32 Å². The molecule has 0 spiro atoms. The fourth-order valence-corrected chi connectivity index (χ4v) is 3.17. The first-order valence-corrected chi connectivity index (χ1v) is 7.89. The van der Waals surface area contributed by atoms with Gasteiger partial charge in [-0.3, -0.25) is 0 Å². The first-order chi connectivity index (χ1) is 8.13. The van der Waals surface area contributed by atoms with E-state index in [0.717, 1.165) is 23.9 Å². The first-order valence-electron chi connectivity index (χ1n) is 7.89. The summed E-state index contributed by atoms with van der Waals surface area (Å²) in [6.45, 7) is 9.43. The topological polar surface area (TPSA) is 12.0 Å². The van der Waals surface area contributed by atoms with E-state index in [-0.39, 0.29) is 0 Å². The van der Waals surface area contributed by atoms with E-state index in [1.165, 1.54) is 51.4 Å². The molecule has 1 aliphatic rings. The maximum atomic E-state index is 3.86. The predicted molar refractivity (Wildman–Crippen MR) is 77.3 cm³/mol. The Labute approximate surface area is 109 Å². The molecule has 1 fully saturated rings. The average Bonchev–Trinajstić information content (AvgIpc) is 2.29. The molecule has 1 N–H and O–H groups in total. The molecule has 0 aromatic heterocycles. The zero-order valence-electron chi connectivity index (χ0n) is 12.5. The lowest BCUT2D eigenvalue weighted by Crippen LogP contribution is -2.40. The van der Waals surface area contributed by atoms with E-state index in [1.807, 2.05) is 0 Å². The van der Waals surface area contributed by atoms with Crippen LogP contribution in [0.4, 0.5) is 0 Å². The van der Waals surface area contributed by atoms with Crippen molar-refractivity contribution in [2.75, 3.05) is 0 Å². The molecular weight excluding hydrogens is 206 g/mol. The van der Waals surface area contributed by atoms with Crippen molar-refractivity contribution in [1.29, 1.82) is 0 Å². The summed E-state index contributed by atoms with van der Waals surface area (Å²) in [5, 5.41) is 3.86. The molecule has 0 heterocycles. The molecule has 0 saturated heterocycles. The van der Waals surface area contributed by atoms with Gasteiger partial charge in [-0.2, -0.15) is 0 Å². The van der Waals surface area contributed by atoms with Crippen LogP contribution in [0, 0.1) is 11.8 Å². The molecule has 1 saturated carbocycles. The Kier molecular flexibility index (Phi) is 7.18. The van der Waals surface area contributed by atoms with Crippen molar-refractivity contribution < 1.29 is 0 Å². The molecule has 1 aliphatic carbocycles. The van der Waals surface area contributed by atoms with Gasteiger partial charge >= 0.3 is 0 Å². The minimum absolute atomic E-state index is 0.720. The second-order valence-electron chi connectivity index (χ2n) is 6.43. The van der Waals surface area contributed by atoms with Crippen LogP contribution in [0.25, 0.3) is 0 Å². The van der Waals surface area contributed by atoms with Crippen molar-refractivity contribution in [3.8, 4) is 0 Å². The van der Waals surface area contributed by atoms with E-state index in [1.54, 1.807) is 0 Å². The standard InChI is InChI=1S/C16H33N/c1-5-6-7-9-14(4)17-16-11-8-10-15(12-16)13(2)3/h13-17H,5-12H2,1-4H3. The lowest BCUT2D eigenvalue weighted by Gasteiger charge is -2.34. The molecule has 0 aromatic carbocycles. The average molecular weight is 239 g/mol. The van der Waals surface area contributed by atoms with Gasteiger partial charge in [0.05, 0.1) is 0 Å². The molecular formula is C16H33N. The van der Waals surface area contributed by atoms with Crippen molar-refractivity contribution >= 4 is 0 Å². The van der Waals surface area contributed by atoms with E-state index in [9.17, 15) is 0 Å². The molecule has 1 nitrogen and oxygen atoms in total. The highest BCUT2D eigenvalue weighted by Gasteiger charge is 2.24. The van der Waals surface area contributed by atoms with Crippen molar-refractivity contribution in [3.05, 3.63) is 0 Å². The van der Waals surface area contributed by atoms with Crippen LogP contribution in [0.5, 0.6) is 0 Å². The second-order valence-corrected chi connectivity index (χ2v) is 6.43. The quantitative estimate of drug-likeness (QED) is 0.632. The molecule has 3 unspecified atom stereocenters. The number of rotatable bonds is 7. The Morgan fingerprint density at radius 1 is 1.12 bits per heavy atom. The van der Waals surface area contributed by atoms with Crippen molar-refractivity contribution in [2.45, 2.75) is 91.1 Å².